The van der Waals surface area contributed by atoms with E-state index in [0.29, 0.717) is 31.0 Å². The van der Waals surface area contributed by atoms with Gasteiger partial charge >= 0.3 is 11.9 Å². The van der Waals surface area contributed by atoms with Crippen LogP contribution in [0, 0.1) is 0 Å². The zero-order valence-corrected chi connectivity index (χ0v) is 57.3. The van der Waals surface area contributed by atoms with Crippen molar-refractivity contribution in [1.29, 1.82) is 0 Å². The van der Waals surface area contributed by atoms with Crippen molar-refractivity contribution in [3.05, 3.63) is 24.5 Å². The fraction of sp³-hybridized carbons (Fsp3) is 0.868. The van der Waals surface area contributed by atoms with Crippen LogP contribution in [0.2, 0.25) is 0 Å². The summed E-state index contributed by atoms with van der Waals surface area (Å²) in [6, 6.07) is 4.47. The largest absolute Gasteiger partial charge is 0.462 e. The number of ether oxygens (including phenoxy) is 2. The van der Waals surface area contributed by atoms with Crippen LogP contribution in [0.15, 0.2) is 24.5 Å². The van der Waals surface area contributed by atoms with Crippen LogP contribution in [-0.2, 0) is 28.7 Å². The second-order valence-corrected chi connectivity index (χ2v) is 32.8. The van der Waals surface area contributed by atoms with Gasteiger partial charge in [0.2, 0.25) is 12.8 Å². The maximum atomic E-state index is 12.3. The molecule has 0 radical (unpaired) electrons. The molecule has 0 atom stereocenters. The molecule has 0 spiro atoms. The molecule has 5 saturated heterocycles. The van der Waals surface area contributed by atoms with Gasteiger partial charge in [0.15, 0.2) is 0 Å². The van der Waals surface area contributed by atoms with Gasteiger partial charge in [0.25, 0.3) is 0 Å². The minimum Gasteiger partial charge on any atom is -0.462 e. The summed E-state index contributed by atoms with van der Waals surface area (Å²) in [5.74, 6) is -0.129. The van der Waals surface area contributed by atoms with Crippen LogP contribution in [0.3, 0.4) is 0 Å². The number of esters is 2. The number of anilines is 1. The summed E-state index contributed by atoms with van der Waals surface area (Å²) in [6.45, 7) is 45.7. The molecule has 5 fully saturated rings. The molecule has 1 aromatic rings. The Labute approximate surface area is 512 Å². The number of aromatic nitrogens is 1. The first-order valence-corrected chi connectivity index (χ1v) is 32.6. The van der Waals surface area contributed by atoms with Crippen LogP contribution in [0.1, 0.15) is 280 Å². The number of hydrogen-bond acceptors (Lipinski definition) is 14. The fourth-order valence-electron chi connectivity index (χ4n) is 15.7. The number of pyridine rings is 1. The first-order valence-electron chi connectivity index (χ1n) is 32.6. The average molecular weight is 1180 g/mol. The molecule has 0 saturated carbocycles. The van der Waals surface area contributed by atoms with E-state index in [0.717, 1.165) is 160 Å². The average Bonchev–Trinajstić information content (AvgIpc) is 3.44. The fourth-order valence-corrected chi connectivity index (χ4v) is 15.7. The van der Waals surface area contributed by atoms with Crippen molar-refractivity contribution >= 4 is 30.4 Å². The lowest BCUT2D eigenvalue weighted by Gasteiger charge is -2.49. The number of nitrogens with zero attached hydrogens (tertiary/aromatic N) is 3. The Bertz CT molecular complexity index is 1950. The molecule has 6 heterocycles. The van der Waals surface area contributed by atoms with Crippen molar-refractivity contribution in [2.24, 2.45) is 5.73 Å². The van der Waals surface area contributed by atoms with Crippen molar-refractivity contribution in [1.82, 2.24) is 41.4 Å². The molecule has 16 nitrogen and oxygen atoms in total. The summed E-state index contributed by atoms with van der Waals surface area (Å²) in [7, 11) is 0. The first kappa shape index (κ1) is 74.8. The van der Waals surface area contributed by atoms with Crippen molar-refractivity contribution < 1.29 is 28.7 Å². The normalized spacial score (nSPS) is 23.7. The lowest BCUT2D eigenvalue weighted by Crippen LogP contribution is -2.62. The van der Waals surface area contributed by atoms with Gasteiger partial charge in [-0.2, -0.15) is 0 Å². The number of amides is 2. The zero-order chi connectivity index (χ0) is 63.6. The van der Waals surface area contributed by atoms with Gasteiger partial charge in [0.05, 0.1) is 0 Å². The van der Waals surface area contributed by atoms with Crippen LogP contribution < -0.4 is 38.1 Å². The van der Waals surface area contributed by atoms with Gasteiger partial charge in [-0.25, -0.2) is 0 Å². The topological polar surface area (TPSA) is 218 Å². The SMILES string of the molecule is CC1(C)CC(N(C=O)CCCCCCN(C=O)C2CC(C)(C)NC(C)(C)C2)CC(C)(C)N1.CC1(C)CC(N)CC(C)(C)N1.CC1(C)CC(OC(=O)CCCCCCCCC(=O)OC2CC(C)(C)NC(C)(C)C2)CC(C)(C)N1.Nc1ccncc1. The third-order valence-corrected chi connectivity index (χ3v) is 17.0. The lowest BCUT2D eigenvalue weighted by atomic mass is 9.79. The van der Waals surface area contributed by atoms with E-state index in [2.05, 4.69) is 170 Å². The van der Waals surface area contributed by atoms with Gasteiger partial charge in [-0.1, -0.05) is 38.5 Å². The summed E-state index contributed by atoms with van der Waals surface area (Å²) < 4.78 is 11.6. The van der Waals surface area contributed by atoms with Crippen LogP contribution in [0.5, 0.6) is 0 Å². The van der Waals surface area contributed by atoms with E-state index in [9.17, 15) is 19.2 Å². The Hall–Kier alpha value is -3.41. The highest BCUT2D eigenvalue weighted by molar-refractivity contribution is 5.70. The maximum Gasteiger partial charge on any atom is 0.306 e. The van der Waals surface area contributed by atoms with E-state index in [4.69, 9.17) is 20.9 Å². The highest BCUT2D eigenvalue weighted by Crippen LogP contribution is 2.35. The number of unbranched alkanes of at least 4 members (excludes halogenated alkanes) is 8. The van der Waals surface area contributed by atoms with Gasteiger partial charge in [-0.15, -0.1) is 0 Å². The number of nitrogen functional groups attached to an aromatic ring is 1. The molecule has 5 aliphatic rings. The van der Waals surface area contributed by atoms with Crippen LogP contribution in [0.4, 0.5) is 5.69 Å². The summed E-state index contributed by atoms with van der Waals surface area (Å²) in [6.07, 6.45) is 26.2. The van der Waals surface area contributed by atoms with Crippen LogP contribution in [-0.4, -0.2) is 138 Å². The van der Waals surface area contributed by atoms with Crippen LogP contribution in [0.25, 0.3) is 0 Å². The quantitative estimate of drug-likeness (QED) is 0.0327. The second-order valence-electron chi connectivity index (χ2n) is 32.8. The number of nitrogens with one attached hydrogen (secondary N) is 5. The molecule has 486 valence electrons. The number of piperidine rings is 5. The number of rotatable bonds is 22. The molecule has 2 amide bonds. The molecule has 0 aromatic carbocycles. The van der Waals surface area contributed by atoms with E-state index in [1.807, 2.05) is 9.80 Å². The Balaban J connectivity index is 0.000000339. The highest BCUT2D eigenvalue weighted by Gasteiger charge is 2.43. The van der Waals surface area contributed by atoms with Gasteiger partial charge in [0.1, 0.15) is 12.2 Å². The van der Waals surface area contributed by atoms with Crippen molar-refractivity contribution in [3.8, 4) is 0 Å². The predicted octanol–water partition coefficient (Wildman–Crippen LogP) is 11.8. The molecule has 0 unspecified atom stereocenters. The Morgan fingerprint density at radius 3 is 0.940 bits per heavy atom. The summed E-state index contributed by atoms with van der Waals surface area (Å²) >= 11 is 0. The summed E-state index contributed by atoms with van der Waals surface area (Å²) in [5.41, 5.74) is 12.6. The van der Waals surface area contributed by atoms with E-state index in [-0.39, 0.29) is 79.5 Å². The van der Waals surface area contributed by atoms with Crippen molar-refractivity contribution in [2.75, 3.05) is 18.8 Å². The molecule has 84 heavy (non-hydrogen) atoms. The molecule has 9 N–H and O–H groups in total. The number of nitrogens with two attached hydrogens (primary N) is 2. The number of carbonyl (C=O) groups excluding carboxylic acids is 4. The molecule has 0 aliphatic carbocycles. The van der Waals surface area contributed by atoms with E-state index in [1.54, 1.807) is 24.5 Å². The van der Waals surface area contributed by atoms with Crippen molar-refractivity contribution in [3.63, 3.8) is 0 Å². The molecule has 16 heteroatoms. The van der Waals surface area contributed by atoms with Gasteiger partial charge in [-0.05, 0) is 215 Å². The lowest BCUT2D eigenvalue weighted by molar-refractivity contribution is -0.154. The standard InChI is InChI=1S/C28H52N2O4.C26H50N4O2.C9H20N2.C5H6N2/c1-25(2)17-21(18-26(3,4)29-25)33-23(31)15-13-11-9-10-12-14-16-24(32)34-22-19-27(5,6)30-28(7,8)20-22;1-23(2)15-21(16-24(3,4)27-23)29(19-31)13-11-9-10-12-14-30(20-32)22-17-25(5,6)28-26(7,8)18-22;1-8(2)5-7(10)6-9(3,4)11-8;6-5-1-3-7-4-2-5/h21-22,29-30H,9-20H2,1-8H3;19-22,27-28H,9-18H2,1-8H3;7,11H,5-6,10H2,1-4H3;1-4H,(H2,6,7). The molecule has 1 aromatic heterocycles. The van der Waals surface area contributed by atoms with E-state index >= 15 is 0 Å². The predicted molar refractivity (Wildman–Crippen MR) is 348 cm³/mol. The Morgan fingerprint density at radius 2 is 0.690 bits per heavy atom. The summed E-state index contributed by atoms with van der Waals surface area (Å²) in [5, 5.41) is 18.2. The van der Waals surface area contributed by atoms with E-state index < -0.39 is 0 Å². The third kappa shape index (κ3) is 30.5. The second kappa shape index (κ2) is 31.7. The molecular weight excluding hydrogens is 1050 g/mol. The van der Waals surface area contributed by atoms with Gasteiger partial charge in [-0.3, -0.25) is 24.2 Å². The van der Waals surface area contributed by atoms with E-state index in [1.165, 1.54) is 0 Å². The molecule has 6 rings (SSSR count). The Kier molecular flexibility index (Phi) is 28.2. The zero-order valence-electron chi connectivity index (χ0n) is 57.3. The number of hydrogen-bond donors (Lipinski definition) is 7. The monoisotopic (exact) mass is 1180 g/mol. The smallest absolute Gasteiger partial charge is 0.306 e. The minimum atomic E-state index is -0.0643. The molecule has 5 aliphatic heterocycles. The van der Waals surface area contributed by atoms with Crippen LogP contribution >= 0.6 is 0 Å². The third-order valence-electron chi connectivity index (χ3n) is 17.0. The molecular formula is C68H128N10O6. The van der Waals surface area contributed by atoms with Gasteiger partial charge in [0, 0.05) is 143 Å². The first-order chi connectivity index (χ1) is 38.4. The van der Waals surface area contributed by atoms with Crippen molar-refractivity contribution in [2.45, 2.75) is 365 Å². The Morgan fingerprint density at radius 1 is 0.440 bits per heavy atom. The molecule has 0 bridgehead atoms. The number of carbonyl (C=O) groups is 4. The maximum absolute atomic E-state index is 12.3. The summed E-state index contributed by atoms with van der Waals surface area (Å²) in [4.78, 5) is 56.0. The van der Waals surface area contributed by atoms with Gasteiger partial charge < -0.3 is 57.3 Å². The highest BCUT2D eigenvalue weighted by atomic mass is 16.5. The minimum absolute atomic E-state index is 0.000484.